The van der Waals surface area contributed by atoms with Gasteiger partial charge in [0, 0.05) is 14.7 Å². The lowest BCUT2D eigenvalue weighted by Gasteiger charge is -2.15. The van der Waals surface area contributed by atoms with E-state index in [1.807, 2.05) is 4.57 Å². The van der Waals surface area contributed by atoms with Gasteiger partial charge in [-0.1, -0.05) is 19.6 Å². The van der Waals surface area contributed by atoms with Crippen molar-refractivity contribution in [3.05, 3.63) is 17.8 Å². The number of fused-ring (bicyclic) bond motifs is 1. The van der Waals surface area contributed by atoms with Crippen LogP contribution in [-0.4, -0.2) is 34.2 Å². The van der Waals surface area contributed by atoms with E-state index in [0.29, 0.717) is 12.4 Å². The first-order valence-electron chi connectivity index (χ1n) is 5.87. The highest BCUT2D eigenvalue weighted by molar-refractivity contribution is 6.76. The van der Waals surface area contributed by atoms with Gasteiger partial charge < -0.3 is 4.74 Å². The van der Waals surface area contributed by atoms with E-state index in [1.54, 1.807) is 12.5 Å². The second kappa shape index (κ2) is 5.34. The van der Waals surface area contributed by atoms with E-state index in [0.717, 1.165) is 18.2 Å². The first kappa shape index (κ1) is 13.4. The van der Waals surface area contributed by atoms with Gasteiger partial charge in [-0.2, -0.15) is 4.98 Å². The van der Waals surface area contributed by atoms with Crippen LogP contribution in [0.4, 0.5) is 0 Å². The third kappa shape index (κ3) is 3.50. The number of aromatic nitrogens is 4. The Hall–Kier alpha value is -0.983. The van der Waals surface area contributed by atoms with Crippen molar-refractivity contribution in [1.82, 2.24) is 19.5 Å². The highest BCUT2D eigenvalue weighted by Gasteiger charge is 2.12. The molecule has 5 nitrogen and oxygen atoms in total. The maximum Gasteiger partial charge on any atom is 0.224 e. The van der Waals surface area contributed by atoms with Crippen molar-refractivity contribution in [1.29, 1.82) is 0 Å². The number of hydrogen-bond donors (Lipinski definition) is 0. The molecule has 0 amide bonds. The molecule has 2 aromatic heterocycles. The molecule has 0 radical (unpaired) electrons. The molecule has 0 bridgehead atoms. The number of nitrogens with zero attached hydrogens (tertiary/aromatic N) is 4. The molecular formula is C11H17ClN4OSi. The Morgan fingerprint density at radius 1 is 1.33 bits per heavy atom. The van der Waals surface area contributed by atoms with Gasteiger partial charge in [-0.3, -0.25) is 4.57 Å². The molecule has 7 heteroatoms. The van der Waals surface area contributed by atoms with E-state index < -0.39 is 8.07 Å². The van der Waals surface area contributed by atoms with Crippen molar-refractivity contribution in [3.8, 4) is 0 Å². The van der Waals surface area contributed by atoms with Crippen LogP contribution in [0.15, 0.2) is 12.5 Å². The molecule has 0 atom stereocenters. The lowest BCUT2D eigenvalue weighted by molar-refractivity contribution is 0.0895. The van der Waals surface area contributed by atoms with Crippen molar-refractivity contribution < 1.29 is 4.74 Å². The van der Waals surface area contributed by atoms with Crippen LogP contribution < -0.4 is 0 Å². The summed E-state index contributed by atoms with van der Waals surface area (Å²) in [6.07, 6.45) is 3.31. The Labute approximate surface area is 112 Å². The third-order valence-electron chi connectivity index (χ3n) is 2.56. The second-order valence-electron chi connectivity index (χ2n) is 5.41. The van der Waals surface area contributed by atoms with Gasteiger partial charge in [-0.25, -0.2) is 9.97 Å². The summed E-state index contributed by atoms with van der Waals surface area (Å²) in [5.74, 6) is 0. The Bertz CT molecular complexity index is 537. The molecule has 2 heterocycles. The fraction of sp³-hybridized carbons (Fsp3) is 0.545. The van der Waals surface area contributed by atoms with Crippen molar-refractivity contribution in [2.75, 3.05) is 6.61 Å². The molecule has 0 spiro atoms. The van der Waals surface area contributed by atoms with Crippen molar-refractivity contribution in [2.45, 2.75) is 32.4 Å². The monoisotopic (exact) mass is 284 g/mol. The minimum atomic E-state index is -1.04. The number of halogens is 1. The molecule has 0 N–H and O–H groups in total. The van der Waals surface area contributed by atoms with E-state index >= 15 is 0 Å². The molecule has 0 aliphatic heterocycles. The van der Waals surface area contributed by atoms with Gasteiger partial charge in [0.25, 0.3) is 0 Å². The maximum absolute atomic E-state index is 5.77. The van der Waals surface area contributed by atoms with Crippen LogP contribution in [0.3, 0.4) is 0 Å². The molecule has 98 valence electrons. The average molecular weight is 285 g/mol. The maximum atomic E-state index is 5.77. The standard InChI is InChI=1S/C11H17ClN4OSi/c1-18(2,3)5-4-17-8-16-7-14-9-6-13-11(12)15-10(9)16/h6-7H,4-5,8H2,1-3H3. The zero-order valence-corrected chi connectivity index (χ0v) is 12.6. The number of hydrogen-bond acceptors (Lipinski definition) is 4. The first-order valence-corrected chi connectivity index (χ1v) is 9.95. The van der Waals surface area contributed by atoms with Crippen LogP contribution in [0, 0.1) is 0 Å². The molecule has 2 aromatic rings. The van der Waals surface area contributed by atoms with Crippen LogP contribution >= 0.6 is 11.6 Å². The van der Waals surface area contributed by atoms with E-state index in [9.17, 15) is 0 Å². The minimum absolute atomic E-state index is 0.228. The predicted molar refractivity (Wildman–Crippen MR) is 74.4 cm³/mol. The van der Waals surface area contributed by atoms with E-state index in [1.165, 1.54) is 0 Å². The highest BCUT2D eigenvalue weighted by atomic mass is 35.5. The SMILES string of the molecule is C[Si](C)(C)CCOCn1cnc2cnc(Cl)nc21. The molecule has 0 saturated carbocycles. The normalized spacial score (nSPS) is 12.2. The molecule has 0 aliphatic carbocycles. The van der Waals surface area contributed by atoms with Crippen LogP contribution in [-0.2, 0) is 11.5 Å². The molecular weight excluding hydrogens is 268 g/mol. The van der Waals surface area contributed by atoms with Crippen molar-refractivity contribution in [2.24, 2.45) is 0 Å². The summed E-state index contributed by atoms with van der Waals surface area (Å²) in [4.78, 5) is 12.2. The summed E-state index contributed by atoms with van der Waals surface area (Å²) < 4.78 is 7.50. The van der Waals surface area contributed by atoms with E-state index in [4.69, 9.17) is 16.3 Å². The molecule has 0 saturated heterocycles. The molecule has 0 fully saturated rings. The van der Waals surface area contributed by atoms with Gasteiger partial charge in [0.15, 0.2) is 5.65 Å². The molecule has 0 aromatic carbocycles. The number of rotatable bonds is 5. The molecule has 0 aliphatic rings. The summed E-state index contributed by atoms with van der Waals surface area (Å²) in [5.41, 5.74) is 1.44. The molecule has 18 heavy (non-hydrogen) atoms. The van der Waals surface area contributed by atoms with Gasteiger partial charge in [0.05, 0.1) is 12.5 Å². The smallest absolute Gasteiger partial charge is 0.224 e. The van der Waals surface area contributed by atoms with Crippen LogP contribution in [0.25, 0.3) is 11.2 Å². The summed E-state index contributed by atoms with van der Waals surface area (Å²) >= 11 is 5.77. The predicted octanol–water partition coefficient (Wildman–Crippen LogP) is 2.79. The van der Waals surface area contributed by atoms with E-state index in [2.05, 4.69) is 34.6 Å². The fourth-order valence-corrected chi connectivity index (χ4v) is 2.36. The lowest BCUT2D eigenvalue weighted by atomic mass is 10.6. The first-order chi connectivity index (χ1) is 8.46. The van der Waals surface area contributed by atoms with Gasteiger partial charge in [-0.05, 0) is 17.6 Å². The van der Waals surface area contributed by atoms with Gasteiger partial charge in [-0.15, -0.1) is 0 Å². The van der Waals surface area contributed by atoms with Gasteiger partial charge >= 0.3 is 0 Å². The Morgan fingerprint density at radius 2 is 2.11 bits per heavy atom. The van der Waals surface area contributed by atoms with Crippen LogP contribution in [0.5, 0.6) is 0 Å². The highest BCUT2D eigenvalue weighted by Crippen LogP contribution is 2.12. The van der Waals surface area contributed by atoms with Crippen molar-refractivity contribution >= 4 is 30.8 Å². The zero-order valence-electron chi connectivity index (χ0n) is 10.9. The molecule has 0 unspecified atom stereocenters. The third-order valence-corrected chi connectivity index (χ3v) is 4.44. The average Bonchev–Trinajstić information content (AvgIpc) is 2.66. The number of ether oxygens (including phenoxy) is 1. The minimum Gasteiger partial charge on any atom is -0.361 e. The lowest BCUT2D eigenvalue weighted by Crippen LogP contribution is -2.22. The Morgan fingerprint density at radius 3 is 2.83 bits per heavy atom. The zero-order chi connectivity index (χ0) is 13.2. The van der Waals surface area contributed by atoms with Gasteiger partial charge in [0.1, 0.15) is 12.2 Å². The second-order valence-corrected chi connectivity index (χ2v) is 11.4. The van der Waals surface area contributed by atoms with Gasteiger partial charge in [0.2, 0.25) is 5.28 Å². The van der Waals surface area contributed by atoms with Crippen LogP contribution in [0.1, 0.15) is 0 Å². The summed E-state index contributed by atoms with van der Waals surface area (Å²) in [6, 6.07) is 1.15. The largest absolute Gasteiger partial charge is 0.361 e. The Balaban J connectivity index is 1.98. The Kier molecular flexibility index (Phi) is 3.99. The van der Waals surface area contributed by atoms with Crippen molar-refractivity contribution in [3.63, 3.8) is 0 Å². The fourth-order valence-electron chi connectivity index (χ4n) is 1.47. The molecule has 2 rings (SSSR count). The quantitative estimate of drug-likeness (QED) is 0.481. The summed E-state index contributed by atoms with van der Waals surface area (Å²) in [5, 5.41) is 0.228. The topological polar surface area (TPSA) is 52.8 Å². The summed E-state index contributed by atoms with van der Waals surface area (Å²) in [6.45, 7) is 8.21. The number of imidazole rings is 1. The van der Waals surface area contributed by atoms with Crippen LogP contribution in [0.2, 0.25) is 31.0 Å². The summed E-state index contributed by atoms with van der Waals surface area (Å²) in [7, 11) is -1.04. The van der Waals surface area contributed by atoms with E-state index in [-0.39, 0.29) is 5.28 Å².